The molecular formula is C23H24N4O3S. The van der Waals surface area contributed by atoms with Gasteiger partial charge in [-0.05, 0) is 29.7 Å². The Morgan fingerprint density at radius 3 is 2.48 bits per heavy atom. The van der Waals surface area contributed by atoms with Gasteiger partial charge in [-0.15, -0.1) is 0 Å². The summed E-state index contributed by atoms with van der Waals surface area (Å²) in [5, 5.41) is 4.56. The number of H-pyrrole nitrogens is 1. The Balaban J connectivity index is 1.53. The molecule has 0 saturated carbocycles. The number of ether oxygens (including phenoxy) is 2. The molecule has 0 atom stereocenters. The van der Waals surface area contributed by atoms with Crippen molar-refractivity contribution in [2.75, 3.05) is 25.3 Å². The summed E-state index contributed by atoms with van der Waals surface area (Å²) in [6, 6.07) is 11.7. The minimum absolute atomic E-state index is 0.0893. The van der Waals surface area contributed by atoms with Crippen molar-refractivity contribution in [3.63, 3.8) is 0 Å². The zero-order valence-electron chi connectivity index (χ0n) is 17.9. The molecule has 0 saturated heterocycles. The first-order valence-corrected chi connectivity index (χ1v) is 10.9. The molecule has 0 unspecified atom stereocenters. The molecule has 160 valence electrons. The number of amides is 1. The maximum atomic E-state index is 12.5. The molecule has 1 amide bonds. The summed E-state index contributed by atoms with van der Waals surface area (Å²) in [5.41, 5.74) is 4.45. The summed E-state index contributed by atoms with van der Waals surface area (Å²) in [4.78, 5) is 24.6. The number of fused-ring (bicyclic) bond motifs is 3. The van der Waals surface area contributed by atoms with Gasteiger partial charge < -0.3 is 19.8 Å². The second kappa shape index (κ2) is 8.85. The van der Waals surface area contributed by atoms with E-state index in [1.54, 1.807) is 14.2 Å². The lowest BCUT2D eigenvalue weighted by Crippen LogP contribution is -2.14. The highest BCUT2D eigenvalue weighted by atomic mass is 32.2. The molecule has 2 heterocycles. The normalized spacial score (nSPS) is 11.3. The van der Waals surface area contributed by atoms with Gasteiger partial charge in [0.2, 0.25) is 5.91 Å². The van der Waals surface area contributed by atoms with E-state index in [1.807, 2.05) is 36.4 Å². The minimum Gasteiger partial charge on any atom is -0.493 e. The van der Waals surface area contributed by atoms with Gasteiger partial charge in [0.05, 0.1) is 31.0 Å². The van der Waals surface area contributed by atoms with Crippen LogP contribution in [0.5, 0.6) is 11.5 Å². The monoisotopic (exact) mass is 436 g/mol. The van der Waals surface area contributed by atoms with Gasteiger partial charge in [0, 0.05) is 17.1 Å². The standard InChI is InChI=1S/C23H24N4O3S/c1-13(2)14-5-7-15(8-6-14)26-20(28)11-31-23-22-21(24-12-25-23)16-9-18(29-3)19(30-4)10-17(16)27-22/h5-10,12-13,27H,11H2,1-4H3,(H,26,28). The van der Waals surface area contributed by atoms with Crippen LogP contribution in [-0.4, -0.2) is 40.8 Å². The van der Waals surface area contributed by atoms with E-state index in [9.17, 15) is 4.79 Å². The molecule has 2 aromatic heterocycles. The van der Waals surface area contributed by atoms with Crippen LogP contribution >= 0.6 is 11.8 Å². The molecule has 0 aliphatic heterocycles. The van der Waals surface area contributed by atoms with Crippen LogP contribution in [-0.2, 0) is 4.79 Å². The molecular weight excluding hydrogens is 412 g/mol. The smallest absolute Gasteiger partial charge is 0.234 e. The second-order valence-electron chi connectivity index (χ2n) is 7.39. The van der Waals surface area contributed by atoms with Crippen LogP contribution in [0.2, 0.25) is 0 Å². The molecule has 4 rings (SSSR count). The number of methoxy groups -OCH3 is 2. The molecule has 0 radical (unpaired) electrons. The van der Waals surface area contributed by atoms with Crippen molar-refractivity contribution in [3.8, 4) is 11.5 Å². The third kappa shape index (κ3) is 4.29. The molecule has 0 spiro atoms. The van der Waals surface area contributed by atoms with Crippen molar-refractivity contribution in [2.24, 2.45) is 0 Å². The summed E-state index contributed by atoms with van der Waals surface area (Å²) >= 11 is 1.36. The van der Waals surface area contributed by atoms with Gasteiger partial charge in [0.1, 0.15) is 16.9 Å². The van der Waals surface area contributed by atoms with Gasteiger partial charge in [-0.1, -0.05) is 37.7 Å². The summed E-state index contributed by atoms with van der Waals surface area (Å²) in [6.45, 7) is 4.28. The summed E-state index contributed by atoms with van der Waals surface area (Å²) in [6.07, 6.45) is 1.51. The van der Waals surface area contributed by atoms with Gasteiger partial charge in [0.15, 0.2) is 11.5 Å². The number of benzene rings is 2. The highest BCUT2D eigenvalue weighted by Crippen LogP contribution is 2.36. The van der Waals surface area contributed by atoms with E-state index in [4.69, 9.17) is 9.47 Å². The third-order valence-corrected chi connectivity index (χ3v) is 6.04. The molecule has 2 aromatic carbocycles. The molecule has 0 bridgehead atoms. The number of carbonyl (C=O) groups is 1. The Hall–Kier alpha value is -3.26. The number of rotatable bonds is 7. The summed E-state index contributed by atoms with van der Waals surface area (Å²) < 4.78 is 10.8. The number of aromatic amines is 1. The highest BCUT2D eigenvalue weighted by molar-refractivity contribution is 8.00. The van der Waals surface area contributed by atoms with E-state index in [-0.39, 0.29) is 11.7 Å². The van der Waals surface area contributed by atoms with Gasteiger partial charge in [-0.25, -0.2) is 9.97 Å². The number of hydrogen-bond acceptors (Lipinski definition) is 6. The first-order chi connectivity index (χ1) is 15.0. The van der Waals surface area contributed by atoms with Crippen molar-refractivity contribution in [1.82, 2.24) is 15.0 Å². The molecule has 0 fully saturated rings. The van der Waals surface area contributed by atoms with Crippen LogP contribution in [0.3, 0.4) is 0 Å². The van der Waals surface area contributed by atoms with Crippen molar-refractivity contribution in [2.45, 2.75) is 24.8 Å². The second-order valence-corrected chi connectivity index (χ2v) is 8.36. The Bertz CT molecular complexity index is 1240. The summed E-state index contributed by atoms with van der Waals surface area (Å²) in [7, 11) is 3.20. The fraction of sp³-hybridized carbons (Fsp3) is 0.261. The number of anilines is 1. The molecule has 4 aromatic rings. The Morgan fingerprint density at radius 1 is 1.10 bits per heavy atom. The minimum atomic E-state index is -0.0893. The van der Waals surface area contributed by atoms with E-state index in [1.165, 1.54) is 23.7 Å². The molecule has 7 nitrogen and oxygen atoms in total. The van der Waals surface area contributed by atoms with Crippen molar-refractivity contribution in [3.05, 3.63) is 48.3 Å². The van der Waals surface area contributed by atoms with E-state index in [2.05, 4.69) is 34.1 Å². The van der Waals surface area contributed by atoms with Crippen LogP contribution in [0, 0.1) is 0 Å². The number of carbonyl (C=O) groups excluding carboxylic acids is 1. The van der Waals surface area contributed by atoms with E-state index in [0.29, 0.717) is 22.4 Å². The van der Waals surface area contributed by atoms with Gasteiger partial charge in [-0.3, -0.25) is 4.79 Å². The molecule has 0 aliphatic rings. The van der Waals surface area contributed by atoms with Crippen molar-refractivity contribution in [1.29, 1.82) is 0 Å². The number of thioether (sulfide) groups is 1. The number of hydrogen-bond donors (Lipinski definition) is 2. The third-order valence-electron chi connectivity index (χ3n) is 5.05. The van der Waals surface area contributed by atoms with Crippen LogP contribution in [0.1, 0.15) is 25.3 Å². The average Bonchev–Trinajstić information content (AvgIpc) is 3.15. The van der Waals surface area contributed by atoms with E-state index < -0.39 is 0 Å². The Labute approximate surface area is 184 Å². The first kappa shape index (κ1) is 21.0. The Kier molecular flexibility index (Phi) is 5.99. The van der Waals surface area contributed by atoms with Crippen LogP contribution < -0.4 is 14.8 Å². The lowest BCUT2D eigenvalue weighted by atomic mass is 10.0. The maximum absolute atomic E-state index is 12.5. The van der Waals surface area contributed by atoms with Gasteiger partial charge >= 0.3 is 0 Å². The van der Waals surface area contributed by atoms with Gasteiger partial charge in [-0.2, -0.15) is 0 Å². The summed E-state index contributed by atoms with van der Waals surface area (Å²) in [5.74, 6) is 1.86. The SMILES string of the molecule is COc1cc2[nH]c3c(SCC(=O)Nc4ccc(C(C)C)cc4)ncnc3c2cc1OC. The number of aromatic nitrogens is 3. The van der Waals surface area contributed by atoms with Crippen LogP contribution in [0.15, 0.2) is 47.8 Å². The highest BCUT2D eigenvalue weighted by Gasteiger charge is 2.16. The quantitative estimate of drug-likeness (QED) is 0.314. The van der Waals surface area contributed by atoms with Crippen LogP contribution in [0.4, 0.5) is 5.69 Å². The van der Waals surface area contributed by atoms with Crippen LogP contribution in [0.25, 0.3) is 21.9 Å². The predicted molar refractivity (Wildman–Crippen MR) is 124 cm³/mol. The largest absolute Gasteiger partial charge is 0.493 e. The molecule has 2 N–H and O–H groups in total. The van der Waals surface area contributed by atoms with Crippen molar-refractivity contribution >= 4 is 45.3 Å². The lowest BCUT2D eigenvalue weighted by molar-refractivity contribution is -0.113. The number of nitrogens with zero attached hydrogens (tertiary/aromatic N) is 2. The average molecular weight is 437 g/mol. The number of nitrogens with one attached hydrogen (secondary N) is 2. The van der Waals surface area contributed by atoms with Crippen molar-refractivity contribution < 1.29 is 14.3 Å². The Morgan fingerprint density at radius 2 is 1.81 bits per heavy atom. The predicted octanol–water partition coefficient (Wildman–Crippen LogP) is 4.98. The molecule has 31 heavy (non-hydrogen) atoms. The molecule has 8 heteroatoms. The fourth-order valence-electron chi connectivity index (χ4n) is 3.39. The zero-order chi connectivity index (χ0) is 22.0. The first-order valence-electron chi connectivity index (χ1n) is 9.91. The van der Waals surface area contributed by atoms with Gasteiger partial charge in [0.25, 0.3) is 0 Å². The topological polar surface area (TPSA) is 89.1 Å². The maximum Gasteiger partial charge on any atom is 0.234 e. The zero-order valence-corrected chi connectivity index (χ0v) is 18.7. The van der Waals surface area contributed by atoms with E-state index >= 15 is 0 Å². The molecule has 0 aliphatic carbocycles. The van der Waals surface area contributed by atoms with E-state index in [0.717, 1.165) is 27.6 Å². The lowest BCUT2D eigenvalue weighted by Gasteiger charge is -2.08. The fourth-order valence-corrected chi connectivity index (χ4v) is 4.14.